The molecule has 0 aliphatic rings. The van der Waals surface area contributed by atoms with E-state index < -0.39 is 5.82 Å². The third-order valence-electron chi connectivity index (χ3n) is 3.72. The van der Waals surface area contributed by atoms with Crippen LogP contribution in [0.4, 0.5) is 10.1 Å². The predicted octanol–water partition coefficient (Wildman–Crippen LogP) is 4.01. The molecule has 0 saturated heterocycles. The lowest BCUT2D eigenvalue weighted by atomic mass is 10.2. The Bertz CT molecular complexity index is 980. The molecular weight excluding hydrogens is 391 g/mol. The van der Waals surface area contributed by atoms with Crippen LogP contribution in [0.3, 0.4) is 0 Å². The maximum Gasteiger partial charge on any atom is 0.234 e. The van der Waals surface area contributed by atoms with E-state index in [9.17, 15) is 9.18 Å². The van der Waals surface area contributed by atoms with E-state index in [0.29, 0.717) is 27.3 Å². The van der Waals surface area contributed by atoms with Crippen molar-refractivity contribution in [2.75, 3.05) is 18.2 Å². The van der Waals surface area contributed by atoms with Crippen molar-refractivity contribution >= 4 is 35.0 Å². The molecule has 0 aliphatic carbocycles. The Labute approximate surface area is 164 Å². The van der Waals surface area contributed by atoms with Crippen molar-refractivity contribution in [3.63, 3.8) is 0 Å². The van der Waals surface area contributed by atoms with E-state index in [2.05, 4.69) is 15.5 Å². The average Bonchev–Trinajstić information content (AvgIpc) is 3.02. The molecule has 0 atom stereocenters. The van der Waals surface area contributed by atoms with Crippen LogP contribution in [0.25, 0.3) is 11.4 Å². The number of methoxy groups -OCH3 is 1. The molecule has 0 spiro atoms. The molecule has 0 unspecified atom stereocenters. The number of amides is 1. The molecule has 1 N–H and O–H groups in total. The van der Waals surface area contributed by atoms with Gasteiger partial charge in [-0.2, -0.15) is 0 Å². The molecule has 0 saturated carbocycles. The van der Waals surface area contributed by atoms with Crippen molar-refractivity contribution in [1.29, 1.82) is 0 Å². The summed E-state index contributed by atoms with van der Waals surface area (Å²) >= 11 is 7.27. The third-order valence-corrected chi connectivity index (χ3v) is 4.97. The molecule has 0 bridgehead atoms. The fourth-order valence-corrected chi connectivity index (χ4v) is 3.29. The fourth-order valence-electron chi connectivity index (χ4n) is 2.41. The van der Waals surface area contributed by atoms with Gasteiger partial charge in [0.2, 0.25) is 5.91 Å². The molecule has 140 valence electrons. The van der Waals surface area contributed by atoms with Crippen LogP contribution in [0.1, 0.15) is 0 Å². The van der Waals surface area contributed by atoms with Gasteiger partial charge in [0.15, 0.2) is 11.0 Å². The summed E-state index contributed by atoms with van der Waals surface area (Å²) in [6, 6.07) is 11.2. The van der Waals surface area contributed by atoms with Crippen molar-refractivity contribution in [2.24, 2.45) is 7.05 Å². The highest BCUT2D eigenvalue weighted by Gasteiger charge is 2.17. The molecule has 1 amide bonds. The van der Waals surface area contributed by atoms with Crippen molar-refractivity contribution in [2.45, 2.75) is 5.16 Å². The zero-order valence-electron chi connectivity index (χ0n) is 14.6. The summed E-state index contributed by atoms with van der Waals surface area (Å²) in [6.07, 6.45) is 0. The van der Waals surface area contributed by atoms with Crippen LogP contribution in [0.2, 0.25) is 5.02 Å². The van der Waals surface area contributed by atoms with Gasteiger partial charge in [0.1, 0.15) is 11.6 Å². The first-order valence-corrected chi connectivity index (χ1v) is 9.26. The number of aromatic nitrogens is 3. The molecule has 3 aromatic rings. The number of hydrogen-bond acceptors (Lipinski definition) is 5. The van der Waals surface area contributed by atoms with Crippen molar-refractivity contribution in [3.8, 4) is 17.1 Å². The summed E-state index contributed by atoms with van der Waals surface area (Å²) in [4.78, 5) is 12.1. The van der Waals surface area contributed by atoms with Crippen LogP contribution in [-0.2, 0) is 11.8 Å². The van der Waals surface area contributed by atoms with Gasteiger partial charge in [-0.1, -0.05) is 35.5 Å². The lowest BCUT2D eigenvalue weighted by Crippen LogP contribution is -2.15. The second-order valence-corrected chi connectivity index (χ2v) is 6.91. The first kappa shape index (κ1) is 19.2. The number of rotatable bonds is 6. The van der Waals surface area contributed by atoms with E-state index in [-0.39, 0.29) is 17.3 Å². The molecule has 0 fully saturated rings. The van der Waals surface area contributed by atoms with Crippen LogP contribution in [0.15, 0.2) is 47.6 Å². The number of carbonyl (C=O) groups excluding carboxylic acids is 1. The normalized spacial score (nSPS) is 10.7. The van der Waals surface area contributed by atoms with Gasteiger partial charge in [0.05, 0.1) is 24.1 Å². The van der Waals surface area contributed by atoms with Gasteiger partial charge in [-0.25, -0.2) is 4.39 Å². The standard InChI is InChI=1S/C18H16ClFN4O2S/c1-24-17(12-9-11(19)7-8-15(12)26-2)22-23-18(24)27-10-16(25)21-14-6-4-3-5-13(14)20/h3-9H,10H2,1-2H3,(H,21,25). The maximum absolute atomic E-state index is 13.6. The summed E-state index contributed by atoms with van der Waals surface area (Å²) in [5, 5.41) is 11.9. The number of halogens is 2. The number of hydrogen-bond donors (Lipinski definition) is 1. The minimum absolute atomic E-state index is 0.0625. The number of anilines is 1. The molecule has 0 radical (unpaired) electrons. The highest BCUT2D eigenvalue weighted by Crippen LogP contribution is 2.32. The Morgan fingerprint density at radius 3 is 2.81 bits per heavy atom. The summed E-state index contributed by atoms with van der Waals surface area (Å²) in [5.74, 6) is 0.419. The summed E-state index contributed by atoms with van der Waals surface area (Å²) in [5.41, 5.74) is 0.841. The number of nitrogens with one attached hydrogen (secondary N) is 1. The number of carbonyl (C=O) groups is 1. The molecule has 2 aromatic carbocycles. The lowest BCUT2D eigenvalue weighted by molar-refractivity contribution is -0.113. The summed E-state index contributed by atoms with van der Waals surface area (Å²) in [7, 11) is 3.35. The second kappa shape index (κ2) is 8.41. The van der Waals surface area contributed by atoms with Gasteiger partial charge in [-0.05, 0) is 30.3 Å². The van der Waals surface area contributed by atoms with Gasteiger partial charge < -0.3 is 14.6 Å². The molecule has 1 aromatic heterocycles. The van der Waals surface area contributed by atoms with Crippen LogP contribution in [-0.4, -0.2) is 33.5 Å². The molecular formula is C18H16ClFN4O2S. The average molecular weight is 407 g/mol. The second-order valence-electron chi connectivity index (χ2n) is 5.53. The monoisotopic (exact) mass is 406 g/mol. The quantitative estimate of drug-likeness (QED) is 0.626. The van der Waals surface area contributed by atoms with E-state index in [4.69, 9.17) is 16.3 Å². The smallest absolute Gasteiger partial charge is 0.234 e. The van der Waals surface area contributed by atoms with Gasteiger partial charge in [0.25, 0.3) is 0 Å². The first-order chi connectivity index (χ1) is 13.0. The minimum atomic E-state index is -0.482. The van der Waals surface area contributed by atoms with E-state index in [1.807, 2.05) is 0 Å². The highest BCUT2D eigenvalue weighted by atomic mass is 35.5. The number of benzene rings is 2. The van der Waals surface area contributed by atoms with E-state index >= 15 is 0 Å². The van der Waals surface area contributed by atoms with Crippen LogP contribution >= 0.6 is 23.4 Å². The van der Waals surface area contributed by atoms with Crippen molar-refractivity contribution in [1.82, 2.24) is 14.8 Å². The lowest BCUT2D eigenvalue weighted by Gasteiger charge is -2.09. The number of ether oxygens (including phenoxy) is 1. The fraction of sp³-hybridized carbons (Fsp3) is 0.167. The SMILES string of the molecule is COc1ccc(Cl)cc1-c1nnc(SCC(=O)Nc2ccccc2F)n1C. The molecule has 3 rings (SSSR count). The van der Waals surface area contributed by atoms with Gasteiger partial charge in [-0.3, -0.25) is 4.79 Å². The Balaban J connectivity index is 1.72. The molecule has 1 heterocycles. The third kappa shape index (κ3) is 4.40. The topological polar surface area (TPSA) is 69.0 Å². The highest BCUT2D eigenvalue weighted by molar-refractivity contribution is 7.99. The van der Waals surface area contributed by atoms with Crippen LogP contribution in [0, 0.1) is 5.82 Å². The number of thioether (sulfide) groups is 1. The Morgan fingerprint density at radius 2 is 2.07 bits per heavy atom. The first-order valence-electron chi connectivity index (χ1n) is 7.90. The largest absolute Gasteiger partial charge is 0.496 e. The van der Waals surface area contributed by atoms with Gasteiger partial charge >= 0.3 is 0 Å². The molecule has 0 aliphatic heterocycles. The zero-order valence-corrected chi connectivity index (χ0v) is 16.1. The minimum Gasteiger partial charge on any atom is -0.496 e. The number of nitrogens with zero attached hydrogens (tertiary/aromatic N) is 3. The summed E-state index contributed by atoms with van der Waals surface area (Å²) < 4.78 is 20.7. The molecule has 6 nitrogen and oxygen atoms in total. The number of para-hydroxylation sites is 1. The van der Waals surface area contributed by atoms with E-state index in [1.54, 1.807) is 49.1 Å². The van der Waals surface area contributed by atoms with Gasteiger partial charge in [0, 0.05) is 12.1 Å². The Kier molecular flexibility index (Phi) is 5.98. The van der Waals surface area contributed by atoms with Crippen molar-refractivity contribution in [3.05, 3.63) is 53.3 Å². The Morgan fingerprint density at radius 1 is 1.30 bits per heavy atom. The Hall–Kier alpha value is -2.58. The van der Waals surface area contributed by atoms with Gasteiger partial charge in [-0.15, -0.1) is 10.2 Å². The molecule has 27 heavy (non-hydrogen) atoms. The van der Waals surface area contributed by atoms with Crippen LogP contribution < -0.4 is 10.1 Å². The summed E-state index contributed by atoms with van der Waals surface area (Å²) in [6.45, 7) is 0. The van der Waals surface area contributed by atoms with E-state index in [0.717, 1.165) is 0 Å². The van der Waals surface area contributed by atoms with Crippen LogP contribution in [0.5, 0.6) is 5.75 Å². The zero-order chi connectivity index (χ0) is 19.4. The molecule has 9 heteroatoms. The van der Waals surface area contributed by atoms with Crippen molar-refractivity contribution < 1.29 is 13.9 Å². The van der Waals surface area contributed by atoms with E-state index in [1.165, 1.54) is 23.9 Å². The maximum atomic E-state index is 13.6. The predicted molar refractivity (Wildman–Crippen MR) is 104 cm³/mol.